The summed E-state index contributed by atoms with van der Waals surface area (Å²) in [6.07, 6.45) is 2.19. The number of nitrogens with zero attached hydrogens (tertiary/aromatic N) is 6. The second-order valence-electron chi connectivity index (χ2n) is 13.2. The lowest BCUT2D eigenvalue weighted by molar-refractivity contribution is -0.135. The van der Waals surface area contributed by atoms with E-state index in [0.29, 0.717) is 42.5 Å². The van der Waals surface area contributed by atoms with Crippen molar-refractivity contribution in [2.45, 2.75) is 64.2 Å². The van der Waals surface area contributed by atoms with Crippen LogP contribution in [0.3, 0.4) is 0 Å². The summed E-state index contributed by atoms with van der Waals surface area (Å²) < 4.78 is 32.6. The molecule has 1 aliphatic carbocycles. The molecule has 50 heavy (non-hydrogen) atoms. The summed E-state index contributed by atoms with van der Waals surface area (Å²) in [5.41, 5.74) is 1.82. The van der Waals surface area contributed by atoms with E-state index in [1.807, 2.05) is 20.8 Å². The van der Waals surface area contributed by atoms with Crippen LogP contribution in [0.5, 0.6) is 0 Å². The van der Waals surface area contributed by atoms with E-state index in [1.165, 1.54) is 28.6 Å². The molecule has 4 aromatic rings. The van der Waals surface area contributed by atoms with Crippen molar-refractivity contribution in [2.24, 2.45) is 10.4 Å². The molecule has 0 spiro atoms. The van der Waals surface area contributed by atoms with E-state index in [0.717, 1.165) is 12.8 Å². The van der Waals surface area contributed by atoms with Gasteiger partial charge in [-0.15, -0.1) is 10.2 Å². The molecule has 6 rings (SSSR count). The first-order valence-electron chi connectivity index (χ1n) is 15.6. The van der Waals surface area contributed by atoms with E-state index in [-0.39, 0.29) is 25.0 Å². The van der Waals surface area contributed by atoms with Crippen LogP contribution in [0.15, 0.2) is 65.4 Å². The second kappa shape index (κ2) is 13.7. The number of carbonyl (C=O) groups excluding carboxylic acids is 2. The Balaban J connectivity index is 1.45. The molecule has 1 saturated carbocycles. The molecule has 0 saturated heterocycles. The minimum atomic E-state index is -2.80. The van der Waals surface area contributed by atoms with Gasteiger partial charge in [0.25, 0.3) is 5.91 Å². The van der Waals surface area contributed by atoms with Gasteiger partial charge >= 0.3 is 18.7 Å². The number of rotatable bonds is 10. The first kappa shape index (κ1) is 34.9. The van der Waals surface area contributed by atoms with Crippen molar-refractivity contribution in [1.29, 1.82) is 0 Å². The molecule has 3 heterocycles. The number of ether oxygens (including phenoxy) is 1. The summed E-state index contributed by atoms with van der Waals surface area (Å²) in [6, 6.07) is 10.6. The van der Waals surface area contributed by atoms with E-state index >= 15 is 4.79 Å². The molecule has 2 aliphatic rings. The molecule has 1 unspecified atom stereocenters. The molecule has 2 aromatic heterocycles. The van der Waals surface area contributed by atoms with Crippen LogP contribution in [-0.4, -0.2) is 66.7 Å². The third-order valence-electron chi connectivity index (χ3n) is 8.15. The van der Waals surface area contributed by atoms with Gasteiger partial charge in [0, 0.05) is 23.4 Å². The van der Waals surface area contributed by atoms with Gasteiger partial charge in [0.05, 0.1) is 17.3 Å². The maximum atomic E-state index is 15.0. The van der Waals surface area contributed by atoms with Crippen LogP contribution in [0.2, 0.25) is 5.02 Å². The predicted octanol–water partition coefficient (Wildman–Crippen LogP) is 6.84. The highest BCUT2D eigenvalue weighted by Gasteiger charge is 2.54. The monoisotopic (exact) mass is 726 g/mol. The Labute approximate surface area is 294 Å². The number of alkyl halides is 2. The third-order valence-corrected chi connectivity index (χ3v) is 9.20. The van der Waals surface area contributed by atoms with E-state index in [2.05, 4.69) is 25.9 Å². The van der Waals surface area contributed by atoms with Crippen LogP contribution in [0.1, 0.15) is 63.8 Å². The van der Waals surface area contributed by atoms with Crippen LogP contribution in [0.4, 0.5) is 18.4 Å². The van der Waals surface area contributed by atoms with Gasteiger partial charge in [0.2, 0.25) is 5.96 Å². The van der Waals surface area contributed by atoms with E-state index in [9.17, 15) is 23.5 Å². The van der Waals surface area contributed by atoms with Crippen molar-refractivity contribution in [1.82, 2.24) is 35.5 Å². The minimum absolute atomic E-state index is 0.00632. The highest BCUT2D eigenvalue weighted by atomic mass is 35.5. The average molecular weight is 727 g/mol. The number of nitrogens with one attached hydrogen (secondary N) is 2. The maximum Gasteiger partial charge on any atom is 0.411 e. The van der Waals surface area contributed by atoms with E-state index in [4.69, 9.17) is 21.3 Å². The molecule has 0 radical (unpaired) electrons. The van der Waals surface area contributed by atoms with Gasteiger partial charge in [-0.05, 0) is 53.5 Å². The lowest BCUT2D eigenvalue weighted by Gasteiger charge is -2.35. The zero-order valence-corrected chi connectivity index (χ0v) is 28.7. The molecule has 17 heteroatoms. The number of carboxylic acid groups (broad SMARTS) is 1. The first-order valence-corrected chi connectivity index (χ1v) is 16.9. The summed E-state index contributed by atoms with van der Waals surface area (Å²) in [5, 5.41) is 27.6. The summed E-state index contributed by atoms with van der Waals surface area (Å²) in [6.45, 7) is 2.61. The Hall–Kier alpha value is -4.96. The summed E-state index contributed by atoms with van der Waals surface area (Å²) >= 11 is 7.80. The Morgan fingerprint density at radius 1 is 1.16 bits per heavy atom. The zero-order valence-electron chi connectivity index (χ0n) is 27.1. The summed E-state index contributed by atoms with van der Waals surface area (Å²) in [7, 11) is 0. The van der Waals surface area contributed by atoms with Crippen LogP contribution in [0.25, 0.3) is 21.7 Å². The van der Waals surface area contributed by atoms with Crippen molar-refractivity contribution >= 4 is 47.0 Å². The SMILES string of the molecule is CC(C)(C)CC1(c2ccc(-c3cnn(C(F)F)c3)cc2)N=C(NC(=O)O)N([C@H](COC(=O)NC2CC2)c2ccc(Cl)c(-c3nncs3)c2)C1=O. The lowest BCUT2D eigenvalue weighted by Crippen LogP contribution is -2.49. The molecular formula is C33H33ClF2N8O5S. The molecule has 3 amide bonds. The fourth-order valence-corrected chi connectivity index (χ4v) is 6.72. The fraction of sp³-hybridized carbons (Fsp3) is 0.364. The van der Waals surface area contributed by atoms with E-state index in [1.54, 1.807) is 48.0 Å². The minimum Gasteiger partial charge on any atom is -0.465 e. The molecule has 262 valence electrons. The third kappa shape index (κ3) is 7.45. The first-order chi connectivity index (χ1) is 23.7. The largest absolute Gasteiger partial charge is 0.465 e. The van der Waals surface area contributed by atoms with Crippen molar-refractivity contribution < 1.29 is 33.0 Å². The smallest absolute Gasteiger partial charge is 0.411 e. The van der Waals surface area contributed by atoms with Crippen LogP contribution in [0, 0.1) is 5.41 Å². The lowest BCUT2D eigenvalue weighted by atomic mass is 9.75. The number of aliphatic imine (C=N–C) groups is 1. The van der Waals surface area contributed by atoms with Crippen LogP contribution in [-0.2, 0) is 15.1 Å². The molecule has 3 N–H and O–H groups in total. The number of benzene rings is 2. The standard InChI is InChI=1S/C33H33ClF2N8O5S/c1-32(2,3)16-33(21-7-4-18(5-8-21)20-13-38-43(14-20)28(35)36)27(45)44(29(41-33)40-30(46)47)25(15-49-31(48)39-22-9-10-22)19-6-11-24(34)23(12-19)26-42-37-17-50-26/h4-8,11-14,17,22,25,28H,9-10,15-16H2,1-3H3,(H,39,48)(H,40,41)(H,46,47)/t25-,33?/m1/s1. The van der Waals surface area contributed by atoms with Crippen molar-refractivity contribution in [3.05, 3.63) is 76.5 Å². The van der Waals surface area contributed by atoms with Gasteiger partial charge in [-0.3, -0.25) is 15.0 Å². The highest BCUT2D eigenvalue weighted by molar-refractivity contribution is 7.12. The Morgan fingerprint density at radius 2 is 1.90 bits per heavy atom. The number of halogens is 3. The number of alkyl carbamates (subject to hydrolysis) is 1. The van der Waals surface area contributed by atoms with Gasteiger partial charge < -0.3 is 15.2 Å². The van der Waals surface area contributed by atoms with Crippen molar-refractivity contribution in [3.8, 4) is 21.7 Å². The predicted molar refractivity (Wildman–Crippen MR) is 181 cm³/mol. The Morgan fingerprint density at radius 3 is 2.50 bits per heavy atom. The molecule has 2 aromatic carbocycles. The van der Waals surface area contributed by atoms with Gasteiger partial charge in [0.15, 0.2) is 5.54 Å². The summed E-state index contributed by atoms with van der Waals surface area (Å²) in [4.78, 5) is 46.0. The van der Waals surface area contributed by atoms with Gasteiger partial charge in [-0.2, -0.15) is 13.9 Å². The van der Waals surface area contributed by atoms with E-state index < -0.39 is 41.6 Å². The fourth-order valence-electron chi connectivity index (χ4n) is 5.87. The number of hydrogen-bond donors (Lipinski definition) is 3. The van der Waals surface area contributed by atoms with Crippen molar-refractivity contribution in [2.75, 3.05) is 6.61 Å². The molecule has 1 fully saturated rings. The quantitative estimate of drug-likeness (QED) is 0.160. The highest BCUT2D eigenvalue weighted by Crippen LogP contribution is 2.46. The Bertz CT molecular complexity index is 1930. The topological polar surface area (TPSA) is 164 Å². The van der Waals surface area contributed by atoms with Gasteiger partial charge in [-0.25, -0.2) is 19.3 Å². The average Bonchev–Trinajstić information content (AvgIpc) is 3.40. The second-order valence-corrected chi connectivity index (χ2v) is 14.5. The van der Waals surface area contributed by atoms with Gasteiger partial charge in [0.1, 0.15) is 17.1 Å². The number of carbonyl (C=O) groups is 3. The molecular weight excluding hydrogens is 694 g/mol. The summed E-state index contributed by atoms with van der Waals surface area (Å²) in [5.74, 6) is -0.837. The van der Waals surface area contributed by atoms with Crippen molar-refractivity contribution in [3.63, 3.8) is 0 Å². The maximum absolute atomic E-state index is 15.0. The molecule has 0 bridgehead atoms. The number of aromatic nitrogens is 4. The number of amides is 3. The van der Waals surface area contributed by atoms with Crippen LogP contribution < -0.4 is 10.6 Å². The molecule has 1 aliphatic heterocycles. The number of hydrogen-bond acceptors (Lipinski definition) is 9. The normalized spacial score (nSPS) is 18.3. The number of guanidine groups is 1. The van der Waals surface area contributed by atoms with Crippen LogP contribution >= 0.6 is 22.9 Å². The zero-order chi connectivity index (χ0) is 35.8. The molecule has 13 nitrogen and oxygen atoms in total. The van der Waals surface area contributed by atoms with Gasteiger partial charge in [-0.1, -0.05) is 74.0 Å². The Kier molecular flexibility index (Phi) is 9.59. The molecule has 2 atom stereocenters.